The van der Waals surface area contributed by atoms with E-state index in [-0.39, 0.29) is 17.7 Å². The highest BCUT2D eigenvalue weighted by molar-refractivity contribution is 6.15. The maximum absolute atomic E-state index is 11.6. The van der Waals surface area contributed by atoms with Crippen LogP contribution in [0.4, 0.5) is 0 Å². The van der Waals surface area contributed by atoms with Gasteiger partial charge in [0.15, 0.2) is 0 Å². The molecule has 1 aliphatic heterocycles. The van der Waals surface area contributed by atoms with Crippen molar-refractivity contribution < 1.29 is 9.59 Å². The van der Waals surface area contributed by atoms with Crippen molar-refractivity contribution in [2.24, 2.45) is 5.92 Å². The summed E-state index contributed by atoms with van der Waals surface area (Å²) < 4.78 is 0. The minimum absolute atomic E-state index is 0.140. The zero-order valence-electron chi connectivity index (χ0n) is 7.36. The van der Waals surface area contributed by atoms with Crippen LogP contribution in [0.15, 0.2) is 24.5 Å². The van der Waals surface area contributed by atoms with Crippen LogP contribution in [0.25, 0.3) is 0 Å². The molecule has 1 aliphatic carbocycles. The third-order valence-electron chi connectivity index (χ3n) is 3.10. The lowest BCUT2D eigenvalue weighted by Crippen LogP contribution is -2.30. The Labute approximate surface area is 80.3 Å². The van der Waals surface area contributed by atoms with Crippen LogP contribution in [0.3, 0.4) is 0 Å². The molecule has 0 aromatic carbocycles. The van der Waals surface area contributed by atoms with Crippen LogP contribution in [-0.2, 0) is 15.0 Å². The Balaban J connectivity index is 2.09. The highest BCUT2D eigenvalue weighted by Crippen LogP contribution is 2.57. The molecular weight excluding hydrogens is 180 g/mol. The van der Waals surface area contributed by atoms with Crippen molar-refractivity contribution >= 4 is 11.8 Å². The van der Waals surface area contributed by atoms with Gasteiger partial charge in [-0.25, -0.2) is 0 Å². The lowest BCUT2D eigenvalue weighted by Gasteiger charge is -2.08. The number of nitrogens with zero attached hydrogens (tertiary/aromatic N) is 1. The summed E-state index contributed by atoms with van der Waals surface area (Å²) in [5.41, 5.74) is 0.277. The molecule has 2 unspecified atom stereocenters. The van der Waals surface area contributed by atoms with Gasteiger partial charge in [-0.3, -0.25) is 19.9 Å². The summed E-state index contributed by atoms with van der Waals surface area (Å²) >= 11 is 0. The Kier molecular flexibility index (Phi) is 1.21. The number of pyridine rings is 1. The molecule has 2 amide bonds. The molecule has 1 aromatic rings. The van der Waals surface area contributed by atoms with E-state index in [2.05, 4.69) is 10.3 Å². The molecule has 70 valence electrons. The zero-order chi connectivity index (χ0) is 9.76. The molecule has 4 heteroatoms. The highest BCUT2D eigenvalue weighted by Gasteiger charge is 2.69. The van der Waals surface area contributed by atoms with Gasteiger partial charge < -0.3 is 0 Å². The summed E-state index contributed by atoms with van der Waals surface area (Å²) in [6.45, 7) is 0. The van der Waals surface area contributed by atoms with Crippen LogP contribution >= 0.6 is 0 Å². The fourth-order valence-corrected chi connectivity index (χ4v) is 2.22. The topological polar surface area (TPSA) is 59.1 Å². The van der Waals surface area contributed by atoms with Crippen LogP contribution in [0, 0.1) is 5.92 Å². The van der Waals surface area contributed by atoms with Crippen molar-refractivity contribution in [2.75, 3.05) is 0 Å². The molecule has 2 fully saturated rings. The van der Waals surface area contributed by atoms with Gasteiger partial charge in [-0.15, -0.1) is 0 Å². The summed E-state index contributed by atoms with van der Waals surface area (Å²) in [4.78, 5) is 26.8. The summed E-state index contributed by atoms with van der Waals surface area (Å²) in [6, 6.07) is 3.64. The Morgan fingerprint density at radius 1 is 1.50 bits per heavy atom. The molecule has 0 spiro atoms. The van der Waals surface area contributed by atoms with Crippen molar-refractivity contribution in [2.45, 2.75) is 11.8 Å². The van der Waals surface area contributed by atoms with Gasteiger partial charge in [0, 0.05) is 12.4 Å². The van der Waals surface area contributed by atoms with Gasteiger partial charge in [0.2, 0.25) is 11.8 Å². The predicted octanol–water partition coefficient (Wildman–Crippen LogP) is -0.00430. The van der Waals surface area contributed by atoms with Crippen LogP contribution in [-0.4, -0.2) is 16.8 Å². The van der Waals surface area contributed by atoms with Gasteiger partial charge in [-0.1, -0.05) is 6.07 Å². The Hall–Kier alpha value is -1.71. The van der Waals surface area contributed by atoms with Crippen LogP contribution < -0.4 is 5.32 Å². The first-order valence-corrected chi connectivity index (χ1v) is 4.51. The van der Waals surface area contributed by atoms with Gasteiger partial charge in [0.25, 0.3) is 0 Å². The maximum atomic E-state index is 11.6. The van der Waals surface area contributed by atoms with Crippen molar-refractivity contribution in [3.05, 3.63) is 30.1 Å². The minimum atomic E-state index is -0.578. The van der Waals surface area contributed by atoms with Crippen molar-refractivity contribution in [1.29, 1.82) is 0 Å². The smallest absolute Gasteiger partial charge is 0.238 e. The average Bonchev–Trinajstić information content (AvgIpc) is 2.90. The van der Waals surface area contributed by atoms with E-state index in [4.69, 9.17) is 0 Å². The van der Waals surface area contributed by atoms with Crippen molar-refractivity contribution in [3.8, 4) is 0 Å². The Morgan fingerprint density at radius 2 is 2.36 bits per heavy atom. The van der Waals surface area contributed by atoms with E-state index in [0.717, 1.165) is 5.56 Å². The lowest BCUT2D eigenvalue weighted by atomic mass is 9.96. The SMILES string of the molecule is O=C1NC(=O)C2(c3cccnc3)CC12. The third kappa shape index (κ3) is 0.713. The predicted molar refractivity (Wildman–Crippen MR) is 47.2 cm³/mol. The molecule has 1 saturated carbocycles. The van der Waals surface area contributed by atoms with Crippen LogP contribution in [0.2, 0.25) is 0 Å². The molecule has 1 saturated heterocycles. The molecule has 1 N–H and O–H groups in total. The van der Waals surface area contributed by atoms with E-state index in [1.54, 1.807) is 18.5 Å². The first-order valence-electron chi connectivity index (χ1n) is 4.51. The normalized spacial score (nSPS) is 33.9. The van der Waals surface area contributed by atoms with Crippen molar-refractivity contribution in [3.63, 3.8) is 0 Å². The van der Waals surface area contributed by atoms with E-state index in [9.17, 15) is 9.59 Å². The number of carbonyl (C=O) groups is 2. The number of carbonyl (C=O) groups excluding carboxylic acids is 2. The third-order valence-corrected chi connectivity index (χ3v) is 3.10. The number of aromatic nitrogens is 1. The van der Waals surface area contributed by atoms with E-state index < -0.39 is 5.41 Å². The second-order valence-electron chi connectivity index (χ2n) is 3.79. The quantitative estimate of drug-likeness (QED) is 0.631. The van der Waals surface area contributed by atoms with Crippen LogP contribution in [0.1, 0.15) is 12.0 Å². The second kappa shape index (κ2) is 2.20. The molecule has 14 heavy (non-hydrogen) atoms. The minimum Gasteiger partial charge on any atom is -0.295 e. The number of imide groups is 1. The van der Waals surface area contributed by atoms with Gasteiger partial charge >= 0.3 is 0 Å². The standard InChI is InChI=1S/C10H8N2O2/c13-8-7-4-10(7,9(14)12-8)6-2-1-3-11-5-6/h1-3,5,7H,4H2,(H,12,13,14). The largest absolute Gasteiger partial charge is 0.295 e. The summed E-state index contributed by atoms with van der Waals surface area (Å²) in [7, 11) is 0. The molecule has 0 radical (unpaired) electrons. The Bertz CT molecular complexity index is 429. The van der Waals surface area contributed by atoms with E-state index in [1.165, 1.54) is 0 Å². The maximum Gasteiger partial charge on any atom is 0.238 e. The monoisotopic (exact) mass is 188 g/mol. The number of fused-ring (bicyclic) bond motifs is 1. The summed E-state index contributed by atoms with van der Waals surface area (Å²) in [6.07, 6.45) is 3.97. The fourth-order valence-electron chi connectivity index (χ4n) is 2.22. The number of rotatable bonds is 1. The fraction of sp³-hybridized carbons (Fsp3) is 0.300. The average molecular weight is 188 g/mol. The molecule has 2 atom stereocenters. The highest BCUT2D eigenvalue weighted by atomic mass is 16.2. The Morgan fingerprint density at radius 3 is 2.86 bits per heavy atom. The van der Waals surface area contributed by atoms with E-state index >= 15 is 0 Å². The number of amides is 2. The molecule has 2 aliphatic rings. The van der Waals surface area contributed by atoms with Gasteiger partial charge in [-0.2, -0.15) is 0 Å². The second-order valence-corrected chi connectivity index (χ2v) is 3.79. The number of piperidine rings is 1. The van der Waals surface area contributed by atoms with E-state index in [0.29, 0.717) is 6.42 Å². The summed E-state index contributed by atoms with van der Waals surface area (Å²) in [5.74, 6) is -0.460. The van der Waals surface area contributed by atoms with Gasteiger partial charge in [0.05, 0.1) is 11.3 Å². The summed E-state index contributed by atoms with van der Waals surface area (Å²) in [5, 5.41) is 2.35. The number of hydrogen-bond donors (Lipinski definition) is 1. The lowest BCUT2D eigenvalue weighted by molar-refractivity contribution is -0.127. The molecular formula is C10H8N2O2. The number of nitrogens with one attached hydrogen (secondary N) is 1. The van der Waals surface area contributed by atoms with Crippen molar-refractivity contribution in [1.82, 2.24) is 10.3 Å². The first kappa shape index (κ1) is 7.67. The van der Waals surface area contributed by atoms with Gasteiger partial charge in [0.1, 0.15) is 0 Å². The molecule has 2 heterocycles. The van der Waals surface area contributed by atoms with E-state index in [1.807, 2.05) is 6.07 Å². The molecule has 1 aromatic heterocycles. The van der Waals surface area contributed by atoms with Gasteiger partial charge in [-0.05, 0) is 18.1 Å². The number of hydrogen-bond acceptors (Lipinski definition) is 3. The molecule has 3 rings (SSSR count). The first-order chi connectivity index (χ1) is 6.75. The molecule has 0 bridgehead atoms. The van der Waals surface area contributed by atoms with Crippen LogP contribution in [0.5, 0.6) is 0 Å². The molecule has 4 nitrogen and oxygen atoms in total. The zero-order valence-corrected chi connectivity index (χ0v) is 7.36.